The number of aromatic hydroxyl groups is 1. The van der Waals surface area contributed by atoms with Gasteiger partial charge in [-0.3, -0.25) is 14.9 Å². The number of unbranched alkanes of at least 4 members (excludes halogenated alkanes) is 2. The first-order valence-corrected chi connectivity index (χ1v) is 16.4. The van der Waals surface area contributed by atoms with E-state index in [0.717, 1.165) is 46.4 Å². The number of carbonyl (C=O) groups excluding carboxylic acids is 1. The Hall–Kier alpha value is -1.20. The van der Waals surface area contributed by atoms with Gasteiger partial charge in [0.2, 0.25) is 0 Å². The summed E-state index contributed by atoms with van der Waals surface area (Å²) >= 11 is 5.09. The number of aliphatic hydroxyl groups excluding tert-OH is 1. The molecule has 1 saturated heterocycles. The number of thioether (sulfide) groups is 3. The summed E-state index contributed by atoms with van der Waals surface area (Å²) in [5.41, 5.74) is 0.549. The average molecular weight is 580 g/mol. The number of aryl methyl sites for hydroxylation is 1. The number of aliphatic hydroxyl groups is 1. The van der Waals surface area contributed by atoms with E-state index >= 15 is 0 Å². The van der Waals surface area contributed by atoms with Gasteiger partial charge in [0, 0.05) is 28.7 Å². The number of phenolic OH excluding ortho intramolecular Hbond substituents is 1. The minimum absolute atomic E-state index is 0.0627. The molecule has 3 heterocycles. The second-order valence-electron chi connectivity index (χ2n) is 11.2. The van der Waals surface area contributed by atoms with Crippen molar-refractivity contribution in [2.24, 2.45) is 15.4 Å². The summed E-state index contributed by atoms with van der Waals surface area (Å²) in [6.07, 6.45) is 3.73. The lowest BCUT2D eigenvalue weighted by Crippen LogP contribution is -2.51. The molecule has 1 fully saturated rings. The summed E-state index contributed by atoms with van der Waals surface area (Å²) in [4.78, 5) is 24.4. The molecule has 0 aliphatic carbocycles. The van der Waals surface area contributed by atoms with E-state index in [1.165, 1.54) is 30.9 Å². The Morgan fingerprint density at radius 3 is 2.76 bits per heavy atom. The highest BCUT2D eigenvalue weighted by Crippen LogP contribution is 2.44. The van der Waals surface area contributed by atoms with Gasteiger partial charge in [-0.2, -0.15) is 0 Å². The van der Waals surface area contributed by atoms with Crippen LogP contribution in [-0.4, -0.2) is 91.7 Å². The molecule has 1 aromatic carbocycles. The van der Waals surface area contributed by atoms with Crippen LogP contribution in [0.2, 0.25) is 0 Å². The molecule has 10 heteroatoms. The Bertz CT molecular complexity index is 1100. The fourth-order valence-electron chi connectivity index (χ4n) is 5.36. The van der Waals surface area contributed by atoms with Crippen molar-refractivity contribution in [2.75, 3.05) is 31.4 Å². The molecular weight excluding hydrogens is 539 g/mol. The second-order valence-corrected chi connectivity index (χ2v) is 14.3. The van der Waals surface area contributed by atoms with E-state index in [4.69, 9.17) is 14.7 Å². The normalized spacial score (nSPS) is 28.9. The molecule has 0 spiro atoms. The van der Waals surface area contributed by atoms with Crippen LogP contribution in [0, 0.1) is 5.41 Å². The minimum atomic E-state index is -0.908. The fourth-order valence-corrected chi connectivity index (χ4v) is 9.60. The Balaban J connectivity index is 1.48. The maximum absolute atomic E-state index is 12.3. The number of aliphatic imine (C=N–C) groups is 2. The molecule has 1 aromatic rings. The van der Waals surface area contributed by atoms with Gasteiger partial charge in [-0.25, -0.2) is 4.79 Å². The van der Waals surface area contributed by atoms with Crippen molar-refractivity contribution >= 4 is 51.3 Å². The molecule has 0 saturated carbocycles. The minimum Gasteiger partial charge on any atom is -0.507 e. The summed E-state index contributed by atoms with van der Waals surface area (Å²) in [5, 5.41) is 24.2. The van der Waals surface area contributed by atoms with Crippen molar-refractivity contribution in [2.45, 2.75) is 82.5 Å². The average Bonchev–Trinajstić information content (AvgIpc) is 3.62. The molecule has 38 heavy (non-hydrogen) atoms. The zero-order valence-electron chi connectivity index (χ0n) is 23.3. The van der Waals surface area contributed by atoms with Crippen molar-refractivity contribution in [1.82, 2.24) is 4.90 Å². The predicted octanol–water partition coefficient (Wildman–Crippen LogP) is 4.82. The Morgan fingerprint density at radius 1 is 1.29 bits per heavy atom. The van der Waals surface area contributed by atoms with Gasteiger partial charge in [0.05, 0.1) is 35.2 Å². The summed E-state index contributed by atoms with van der Waals surface area (Å²) in [5.74, 6) is 2.13. The lowest BCUT2D eigenvalue weighted by molar-refractivity contribution is -0.145. The van der Waals surface area contributed by atoms with Gasteiger partial charge < -0.3 is 14.9 Å². The van der Waals surface area contributed by atoms with Crippen LogP contribution in [0.3, 0.4) is 0 Å². The molecule has 0 radical (unpaired) electrons. The number of phenols is 1. The summed E-state index contributed by atoms with van der Waals surface area (Å²) in [6.45, 7) is 8.02. The molecular formula is C28H41N3O4S3. The van der Waals surface area contributed by atoms with E-state index in [0.29, 0.717) is 11.5 Å². The van der Waals surface area contributed by atoms with Gasteiger partial charge in [-0.1, -0.05) is 45.7 Å². The van der Waals surface area contributed by atoms with Crippen LogP contribution in [0.15, 0.2) is 28.2 Å². The first kappa shape index (κ1) is 29.8. The van der Waals surface area contributed by atoms with Gasteiger partial charge >= 0.3 is 5.97 Å². The number of esters is 1. The molecule has 0 aromatic heterocycles. The topological polar surface area (TPSA) is 94.7 Å². The maximum Gasteiger partial charge on any atom is 0.334 e. The second kappa shape index (κ2) is 12.1. The number of likely N-dealkylation sites (N-methyl/N-ethyl adjacent to an activating group) is 1. The number of hydrogen-bond acceptors (Lipinski definition) is 10. The van der Waals surface area contributed by atoms with Gasteiger partial charge in [-0.05, 0) is 38.4 Å². The number of rotatable bonds is 10. The first-order valence-electron chi connectivity index (χ1n) is 13.4. The van der Waals surface area contributed by atoms with Crippen LogP contribution in [-0.2, 0) is 16.0 Å². The first-order chi connectivity index (χ1) is 18.0. The zero-order chi connectivity index (χ0) is 27.7. The summed E-state index contributed by atoms with van der Waals surface area (Å²) in [7, 11) is 3.46. The monoisotopic (exact) mass is 579 g/mol. The van der Waals surface area contributed by atoms with Crippen molar-refractivity contribution in [1.29, 1.82) is 0 Å². The number of ether oxygens (including phenoxy) is 1. The molecule has 210 valence electrons. The van der Waals surface area contributed by atoms with Crippen molar-refractivity contribution in [3.63, 3.8) is 0 Å². The van der Waals surface area contributed by atoms with Crippen LogP contribution in [0.25, 0.3) is 0 Å². The van der Waals surface area contributed by atoms with E-state index < -0.39 is 17.1 Å². The molecule has 0 bridgehead atoms. The molecule has 7 nitrogen and oxygen atoms in total. The third-order valence-corrected chi connectivity index (χ3v) is 12.1. The maximum atomic E-state index is 12.3. The molecule has 2 N–H and O–H groups in total. The summed E-state index contributed by atoms with van der Waals surface area (Å²) in [6, 6.07) is 5.81. The molecule has 4 rings (SSSR count). The van der Waals surface area contributed by atoms with Gasteiger partial charge in [0.1, 0.15) is 10.8 Å². The zero-order valence-corrected chi connectivity index (χ0v) is 25.7. The van der Waals surface area contributed by atoms with Crippen LogP contribution < -0.4 is 0 Å². The Labute approximate surface area is 239 Å². The van der Waals surface area contributed by atoms with Crippen molar-refractivity contribution < 1.29 is 19.7 Å². The fraction of sp³-hybridized carbons (Fsp3) is 0.679. The largest absolute Gasteiger partial charge is 0.507 e. The highest BCUT2D eigenvalue weighted by atomic mass is 32.2. The summed E-state index contributed by atoms with van der Waals surface area (Å²) < 4.78 is 4.96. The van der Waals surface area contributed by atoms with Crippen LogP contribution in [0.5, 0.6) is 5.75 Å². The number of nitrogens with zero attached hydrogens (tertiary/aromatic N) is 3. The quantitative estimate of drug-likeness (QED) is 0.301. The molecule has 3 aliphatic rings. The van der Waals surface area contributed by atoms with Gasteiger partial charge in [-0.15, -0.1) is 35.3 Å². The van der Waals surface area contributed by atoms with Crippen LogP contribution >= 0.6 is 35.3 Å². The lowest BCUT2D eigenvalue weighted by atomic mass is 9.83. The van der Waals surface area contributed by atoms with E-state index in [-0.39, 0.29) is 23.4 Å². The third-order valence-electron chi connectivity index (χ3n) is 7.88. The van der Waals surface area contributed by atoms with E-state index in [9.17, 15) is 15.0 Å². The molecule has 3 aliphatic heterocycles. The van der Waals surface area contributed by atoms with E-state index in [1.54, 1.807) is 24.8 Å². The van der Waals surface area contributed by atoms with Crippen LogP contribution in [0.4, 0.5) is 0 Å². The SMILES string of the molecule is CCCCCc1cccc(O)c1C1=N[C@H]([C@H]2SC[C@@H]([C@@H](O)C(C)(C)C3=N[C@@](C)(C(=O)OC)CS3)N2C)CS1. The number of carbonyl (C=O) groups is 1. The highest BCUT2D eigenvalue weighted by Gasteiger charge is 2.50. The van der Waals surface area contributed by atoms with E-state index in [2.05, 4.69) is 24.9 Å². The number of hydrogen-bond donors (Lipinski definition) is 2. The molecule has 5 atom stereocenters. The highest BCUT2D eigenvalue weighted by molar-refractivity contribution is 8.15. The smallest absolute Gasteiger partial charge is 0.334 e. The van der Waals surface area contributed by atoms with Crippen molar-refractivity contribution in [3.8, 4) is 5.75 Å². The van der Waals surface area contributed by atoms with Gasteiger partial charge in [0.25, 0.3) is 0 Å². The Kier molecular flexibility index (Phi) is 9.50. The van der Waals surface area contributed by atoms with Gasteiger partial charge in [0.15, 0.2) is 5.54 Å². The van der Waals surface area contributed by atoms with Crippen molar-refractivity contribution in [3.05, 3.63) is 29.3 Å². The van der Waals surface area contributed by atoms with E-state index in [1.807, 2.05) is 31.7 Å². The number of methoxy groups -OCH3 is 1. The van der Waals surface area contributed by atoms with Crippen LogP contribution in [0.1, 0.15) is 58.1 Å². The standard InChI is InChI=1S/C28H41N3O4S3/c1-7-8-9-11-17-12-10-13-20(32)21(17)23-29-18(14-36-23)24-31(5)19(15-37-24)22(33)27(2,3)25-30-28(4,16-38-25)26(34)35-6/h10,12-13,18-19,22,24,32-33H,7-9,11,14-16H2,1-6H3/t18-,19-,22+,24+,28+/m0/s1. The Morgan fingerprint density at radius 2 is 2.05 bits per heavy atom. The third kappa shape index (κ3) is 5.80. The lowest BCUT2D eigenvalue weighted by Gasteiger charge is -2.38. The predicted molar refractivity (Wildman–Crippen MR) is 162 cm³/mol. The number of benzene rings is 1. The molecule has 0 amide bonds. The molecule has 0 unspecified atom stereocenters.